The highest BCUT2D eigenvalue weighted by Crippen LogP contribution is 2.42. The van der Waals surface area contributed by atoms with Crippen molar-refractivity contribution in [3.8, 4) is 12.3 Å². The first-order chi connectivity index (χ1) is 18.7. The minimum absolute atomic E-state index is 0.0240. The van der Waals surface area contributed by atoms with Crippen LogP contribution in [0.2, 0.25) is 0 Å². The maximum atomic E-state index is 13.4. The topological polar surface area (TPSA) is 105 Å². The number of allylic oxidation sites excluding steroid dienone is 5. The number of rotatable bonds is 8. The van der Waals surface area contributed by atoms with Gasteiger partial charge >= 0.3 is 18.0 Å². The van der Waals surface area contributed by atoms with Crippen LogP contribution in [-0.4, -0.2) is 63.3 Å². The van der Waals surface area contributed by atoms with Crippen molar-refractivity contribution in [1.29, 1.82) is 0 Å². The summed E-state index contributed by atoms with van der Waals surface area (Å²) in [5.41, 5.74) is -4.81. The molecule has 0 bridgehead atoms. The van der Waals surface area contributed by atoms with E-state index in [1.54, 1.807) is 19.1 Å². The number of terminal acetylenes is 1. The highest BCUT2D eigenvalue weighted by molar-refractivity contribution is 5.68. The van der Waals surface area contributed by atoms with Crippen LogP contribution in [-0.2, 0) is 10.3 Å². The van der Waals surface area contributed by atoms with Crippen LogP contribution >= 0.6 is 0 Å². The van der Waals surface area contributed by atoms with Gasteiger partial charge in [0.1, 0.15) is 11.9 Å². The van der Waals surface area contributed by atoms with E-state index in [4.69, 9.17) is 11.2 Å². The summed E-state index contributed by atoms with van der Waals surface area (Å²) in [4.78, 5) is 12.3. The minimum atomic E-state index is -4.96. The standard InChI is InChI=1S/C26H29F6N5O3/c1-4-6-19(7-5-2)24(9-8-23(13-33-24,14-35-39)37-16-34-36-22(37)38)15-40-17(3)18-10-20(25(27,28)29)12-21(11-18)26(30,31)32/h1,5-7,10,12,14,16-18,33,39H,8-9,11,13,15H2,2-3H3,(H,36,38)/b7-5-,19-6+,35-14+/t17-,18?,23-,24-/m1/s1. The summed E-state index contributed by atoms with van der Waals surface area (Å²) in [6.45, 7) is 3.01. The number of hydrogen-bond donors (Lipinski definition) is 3. The van der Waals surface area contributed by atoms with Crippen LogP contribution in [0, 0.1) is 18.3 Å². The number of alkyl halides is 6. The van der Waals surface area contributed by atoms with Crippen molar-refractivity contribution in [3.63, 3.8) is 0 Å². The lowest BCUT2D eigenvalue weighted by Crippen LogP contribution is -2.63. The number of oxime groups is 1. The quantitative estimate of drug-likeness (QED) is 0.107. The third-order valence-corrected chi connectivity index (χ3v) is 7.25. The zero-order valence-electron chi connectivity index (χ0n) is 21.7. The number of aromatic amines is 1. The van der Waals surface area contributed by atoms with Gasteiger partial charge in [0, 0.05) is 18.0 Å². The molecule has 0 spiro atoms. The molecule has 1 aliphatic heterocycles. The fraction of sp³-hybridized carbons (Fsp3) is 0.500. The van der Waals surface area contributed by atoms with Crippen molar-refractivity contribution in [3.05, 3.63) is 63.9 Å². The Bertz CT molecular complexity index is 1300. The lowest BCUT2D eigenvalue weighted by molar-refractivity contribution is -0.102. The highest BCUT2D eigenvalue weighted by Gasteiger charge is 2.47. The van der Waals surface area contributed by atoms with Gasteiger partial charge < -0.3 is 15.3 Å². The van der Waals surface area contributed by atoms with E-state index in [2.05, 4.69) is 26.6 Å². The van der Waals surface area contributed by atoms with E-state index in [1.165, 1.54) is 30.1 Å². The maximum absolute atomic E-state index is 13.4. The Kier molecular flexibility index (Phi) is 9.21. The molecule has 8 nitrogen and oxygen atoms in total. The van der Waals surface area contributed by atoms with Crippen LogP contribution < -0.4 is 11.0 Å². The van der Waals surface area contributed by atoms with E-state index in [0.29, 0.717) is 5.57 Å². The van der Waals surface area contributed by atoms with Gasteiger partial charge in [0.25, 0.3) is 0 Å². The first-order valence-electron chi connectivity index (χ1n) is 12.3. The minimum Gasteiger partial charge on any atom is -0.411 e. The van der Waals surface area contributed by atoms with Crippen molar-refractivity contribution in [1.82, 2.24) is 20.1 Å². The molecule has 0 radical (unpaired) electrons. The van der Waals surface area contributed by atoms with Crippen molar-refractivity contribution in [2.45, 2.75) is 62.6 Å². The number of nitrogens with one attached hydrogen (secondary N) is 2. The molecule has 2 aliphatic rings. The second-order valence-electron chi connectivity index (χ2n) is 9.75. The zero-order chi connectivity index (χ0) is 29.8. The summed E-state index contributed by atoms with van der Waals surface area (Å²) >= 11 is 0. The van der Waals surface area contributed by atoms with E-state index < -0.39 is 58.7 Å². The summed E-state index contributed by atoms with van der Waals surface area (Å²) in [6, 6.07) is 0. The summed E-state index contributed by atoms with van der Waals surface area (Å²) in [7, 11) is 0. The van der Waals surface area contributed by atoms with Crippen LogP contribution in [0.5, 0.6) is 0 Å². The monoisotopic (exact) mass is 573 g/mol. The molecule has 1 saturated heterocycles. The lowest BCUT2D eigenvalue weighted by Gasteiger charge is -2.46. The van der Waals surface area contributed by atoms with Crippen molar-refractivity contribution in [2.24, 2.45) is 11.1 Å². The Morgan fingerprint density at radius 3 is 2.58 bits per heavy atom. The second kappa shape index (κ2) is 11.9. The zero-order valence-corrected chi connectivity index (χ0v) is 21.7. The SMILES string of the molecule is C#C/C=C(\C=C/C)[C@]1(CO[C@H](C)C2C=C(C(F)(F)F)C=C(C(F)(F)F)C2)CC[C@@](/C=N/O)(n2cn[nH]c2=O)CN1. The molecule has 0 amide bonds. The van der Waals surface area contributed by atoms with Crippen molar-refractivity contribution in [2.75, 3.05) is 13.2 Å². The molecular formula is C26H29F6N5O3. The van der Waals surface area contributed by atoms with Crippen LogP contribution in [0.4, 0.5) is 26.3 Å². The molecule has 40 heavy (non-hydrogen) atoms. The maximum Gasteiger partial charge on any atom is 0.416 e. The van der Waals surface area contributed by atoms with Gasteiger partial charge in [0.15, 0.2) is 0 Å². The van der Waals surface area contributed by atoms with Gasteiger partial charge in [-0.15, -0.1) is 6.42 Å². The number of ether oxygens (including phenoxy) is 1. The fourth-order valence-corrected chi connectivity index (χ4v) is 4.96. The Hall–Kier alpha value is -3.57. The van der Waals surface area contributed by atoms with Crippen LogP contribution in [0.15, 0.2) is 63.4 Å². The molecule has 4 atom stereocenters. The molecule has 1 aliphatic carbocycles. The molecule has 1 aromatic rings. The first kappa shape index (κ1) is 31.0. The number of nitrogens with zero attached hydrogens (tertiary/aromatic N) is 3. The number of H-pyrrole nitrogens is 1. The molecule has 2 heterocycles. The van der Waals surface area contributed by atoms with Gasteiger partial charge in [0.2, 0.25) is 0 Å². The molecular weight excluding hydrogens is 544 g/mol. The van der Waals surface area contributed by atoms with E-state index in [1.807, 2.05) is 0 Å². The molecule has 14 heteroatoms. The number of aromatic nitrogens is 3. The molecule has 0 aromatic carbocycles. The number of halogens is 6. The van der Waals surface area contributed by atoms with Crippen molar-refractivity contribution < 1.29 is 36.3 Å². The van der Waals surface area contributed by atoms with Gasteiger partial charge in [-0.2, -0.15) is 31.4 Å². The Balaban J connectivity index is 1.91. The van der Waals surface area contributed by atoms with Crippen LogP contribution in [0.25, 0.3) is 0 Å². The summed E-state index contributed by atoms with van der Waals surface area (Å²) in [5, 5.41) is 21.7. The summed E-state index contributed by atoms with van der Waals surface area (Å²) < 4.78 is 87.7. The van der Waals surface area contributed by atoms with E-state index >= 15 is 0 Å². The molecule has 218 valence electrons. The molecule has 1 aromatic heterocycles. The average Bonchev–Trinajstić information content (AvgIpc) is 3.33. The predicted molar refractivity (Wildman–Crippen MR) is 135 cm³/mol. The average molecular weight is 574 g/mol. The third-order valence-electron chi connectivity index (χ3n) is 7.25. The summed E-state index contributed by atoms with van der Waals surface area (Å²) in [6.07, 6.45) is 2.61. The fourth-order valence-electron chi connectivity index (χ4n) is 4.96. The van der Waals surface area contributed by atoms with Gasteiger partial charge in [0.05, 0.1) is 30.0 Å². The number of hydrogen-bond acceptors (Lipinski definition) is 6. The van der Waals surface area contributed by atoms with E-state index in [0.717, 1.165) is 6.08 Å². The highest BCUT2D eigenvalue weighted by atomic mass is 19.4. The van der Waals surface area contributed by atoms with Gasteiger partial charge in [-0.1, -0.05) is 29.3 Å². The Labute approximate surface area is 226 Å². The van der Waals surface area contributed by atoms with E-state index in [9.17, 15) is 36.3 Å². The summed E-state index contributed by atoms with van der Waals surface area (Å²) in [5.74, 6) is 1.24. The van der Waals surface area contributed by atoms with Crippen LogP contribution in [0.1, 0.15) is 33.1 Å². The normalized spacial score (nSPS) is 27.5. The van der Waals surface area contributed by atoms with Gasteiger partial charge in [-0.05, 0) is 50.8 Å². The van der Waals surface area contributed by atoms with Crippen molar-refractivity contribution >= 4 is 6.21 Å². The lowest BCUT2D eigenvalue weighted by atomic mass is 9.76. The molecule has 3 rings (SSSR count). The molecule has 1 fully saturated rings. The predicted octanol–water partition coefficient (Wildman–Crippen LogP) is 4.39. The number of piperidine rings is 1. The van der Waals surface area contributed by atoms with Gasteiger partial charge in [-0.3, -0.25) is 4.57 Å². The molecule has 1 unspecified atom stereocenters. The first-order valence-corrected chi connectivity index (χ1v) is 12.3. The molecule has 0 saturated carbocycles. The third kappa shape index (κ3) is 6.59. The van der Waals surface area contributed by atoms with Crippen LogP contribution in [0.3, 0.4) is 0 Å². The van der Waals surface area contributed by atoms with E-state index in [-0.39, 0.29) is 32.1 Å². The smallest absolute Gasteiger partial charge is 0.411 e. The Morgan fingerprint density at radius 1 is 1.35 bits per heavy atom. The Morgan fingerprint density at radius 2 is 2.08 bits per heavy atom. The largest absolute Gasteiger partial charge is 0.416 e. The molecule has 3 N–H and O–H groups in total. The van der Waals surface area contributed by atoms with Gasteiger partial charge in [-0.25, -0.2) is 9.89 Å². The second-order valence-corrected chi connectivity index (χ2v) is 9.75.